The van der Waals surface area contributed by atoms with Gasteiger partial charge in [-0.05, 0) is 49.2 Å². The van der Waals surface area contributed by atoms with E-state index >= 15 is 0 Å². The molecule has 0 spiro atoms. The fraction of sp³-hybridized carbons (Fsp3) is 0.409. The summed E-state index contributed by atoms with van der Waals surface area (Å²) in [5, 5.41) is 3.54. The van der Waals surface area contributed by atoms with Crippen LogP contribution >= 0.6 is 11.6 Å². The molecule has 0 aromatic heterocycles. The van der Waals surface area contributed by atoms with E-state index in [1.807, 2.05) is 4.90 Å². The monoisotopic (exact) mass is 399 g/mol. The fourth-order valence-electron chi connectivity index (χ4n) is 4.78. The second kappa shape index (κ2) is 7.64. The third kappa shape index (κ3) is 3.45. The first-order valence-corrected chi connectivity index (χ1v) is 10.0. The number of amides is 2. The molecule has 3 atom stereocenters. The number of anilines is 1. The number of halogens is 1. The van der Waals surface area contributed by atoms with E-state index in [0.717, 1.165) is 19.6 Å². The number of hydrogen-bond donors (Lipinski definition) is 1. The molecule has 0 aliphatic carbocycles. The van der Waals surface area contributed by atoms with Crippen LogP contribution in [-0.2, 0) is 0 Å². The Labute approximate surface area is 171 Å². The van der Waals surface area contributed by atoms with Crippen LogP contribution in [0, 0.1) is 18.8 Å². The summed E-state index contributed by atoms with van der Waals surface area (Å²) >= 11 is 6.09. The number of hydrogen-bond acceptors (Lipinski definition) is 3. The highest BCUT2D eigenvalue weighted by Crippen LogP contribution is 2.45. The van der Waals surface area contributed by atoms with Crippen LogP contribution < -0.4 is 10.1 Å². The predicted molar refractivity (Wildman–Crippen MR) is 112 cm³/mol. The van der Waals surface area contributed by atoms with Crippen molar-refractivity contribution >= 4 is 23.3 Å². The highest BCUT2D eigenvalue weighted by atomic mass is 35.5. The van der Waals surface area contributed by atoms with E-state index in [4.69, 9.17) is 16.3 Å². The van der Waals surface area contributed by atoms with Gasteiger partial charge < -0.3 is 15.0 Å². The Balaban J connectivity index is 1.50. The minimum atomic E-state index is -0.0962. The van der Waals surface area contributed by atoms with E-state index in [1.54, 1.807) is 25.3 Å². The normalized spacial score (nSPS) is 24.3. The zero-order valence-electron chi connectivity index (χ0n) is 16.5. The lowest BCUT2D eigenvalue weighted by atomic mass is 9.88. The molecule has 5 nitrogen and oxygen atoms in total. The number of nitrogens with zero attached hydrogens (tertiary/aromatic N) is 2. The quantitative estimate of drug-likeness (QED) is 0.830. The van der Waals surface area contributed by atoms with Gasteiger partial charge in [0, 0.05) is 36.6 Å². The second-order valence-corrected chi connectivity index (χ2v) is 8.28. The molecule has 2 fully saturated rings. The molecule has 2 heterocycles. The van der Waals surface area contributed by atoms with Crippen molar-refractivity contribution in [2.24, 2.45) is 11.8 Å². The number of urea groups is 1. The fourth-order valence-corrected chi connectivity index (χ4v) is 4.95. The number of ether oxygens (including phenoxy) is 1. The van der Waals surface area contributed by atoms with Crippen molar-refractivity contribution in [2.75, 3.05) is 39.1 Å². The van der Waals surface area contributed by atoms with Gasteiger partial charge in [0.25, 0.3) is 0 Å². The molecule has 0 saturated carbocycles. The number of likely N-dealkylation sites (tertiary alicyclic amines) is 2. The Hall–Kier alpha value is -2.24. The first-order chi connectivity index (χ1) is 13.5. The van der Waals surface area contributed by atoms with Gasteiger partial charge in [0.1, 0.15) is 5.75 Å². The van der Waals surface area contributed by atoms with Gasteiger partial charge in [0.05, 0.1) is 12.8 Å². The molecule has 2 aliphatic heterocycles. The molecule has 148 valence electrons. The SMILES string of the molecule is COc1ccc(Cl)cc1NC(=O)N1C[C@@H]2CN(C)[C@H](c3ccccc3C)[C@@H]2C1. The molecule has 0 radical (unpaired) electrons. The maximum Gasteiger partial charge on any atom is 0.321 e. The molecule has 2 amide bonds. The highest BCUT2D eigenvalue weighted by Gasteiger charge is 2.47. The van der Waals surface area contributed by atoms with Crippen LogP contribution in [0.1, 0.15) is 17.2 Å². The molecule has 0 bridgehead atoms. The van der Waals surface area contributed by atoms with Crippen LogP contribution in [0.3, 0.4) is 0 Å². The lowest BCUT2D eigenvalue weighted by molar-refractivity contribution is 0.205. The molecular weight excluding hydrogens is 374 g/mol. The van der Waals surface area contributed by atoms with E-state index in [9.17, 15) is 4.79 Å². The summed E-state index contributed by atoms with van der Waals surface area (Å²) in [7, 11) is 3.78. The number of aryl methyl sites for hydroxylation is 1. The van der Waals surface area contributed by atoms with Gasteiger partial charge in [0.2, 0.25) is 0 Å². The summed E-state index contributed by atoms with van der Waals surface area (Å²) in [6, 6.07) is 14.1. The van der Waals surface area contributed by atoms with Gasteiger partial charge in [-0.25, -0.2) is 4.79 Å². The largest absolute Gasteiger partial charge is 0.495 e. The Kier molecular flexibility index (Phi) is 5.21. The Morgan fingerprint density at radius 1 is 1.18 bits per heavy atom. The van der Waals surface area contributed by atoms with E-state index in [2.05, 4.69) is 48.5 Å². The average molecular weight is 400 g/mol. The molecule has 2 saturated heterocycles. The summed E-state index contributed by atoms with van der Waals surface area (Å²) in [5.41, 5.74) is 3.28. The van der Waals surface area contributed by atoms with Crippen LogP contribution in [0.5, 0.6) is 5.75 Å². The number of benzene rings is 2. The Bertz CT molecular complexity index is 888. The van der Waals surface area contributed by atoms with Crippen molar-refractivity contribution in [1.82, 2.24) is 9.80 Å². The minimum absolute atomic E-state index is 0.0962. The van der Waals surface area contributed by atoms with Crippen LogP contribution in [0.4, 0.5) is 10.5 Å². The summed E-state index contributed by atoms with van der Waals surface area (Å²) in [5.74, 6) is 1.54. The van der Waals surface area contributed by atoms with Crippen LogP contribution in [0.15, 0.2) is 42.5 Å². The van der Waals surface area contributed by atoms with Crippen molar-refractivity contribution in [3.63, 3.8) is 0 Å². The first kappa shape index (κ1) is 19.1. The molecule has 6 heteroatoms. The van der Waals surface area contributed by atoms with Gasteiger partial charge in [-0.2, -0.15) is 0 Å². The predicted octanol–water partition coefficient (Wildman–Crippen LogP) is 4.42. The summed E-state index contributed by atoms with van der Waals surface area (Å²) in [6.07, 6.45) is 0. The topological polar surface area (TPSA) is 44.8 Å². The number of methoxy groups -OCH3 is 1. The van der Waals surface area contributed by atoms with Gasteiger partial charge in [0.15, 0.2) is 0 Å². The van der Waals surface area contributed by atoms with Gasteiger partial charge >= 0.3 is 6.03 Å². The third-order valence-electron chi connectivity index (χ3n) is 6.09. The van der Waals surface area contributed by atoms with Gasteiger partial charge in [-0.3, -0.25) is 4.90 Å². The Morgan fingerprint density at radius 2 is 1.96 bits per heavy atom. The number of carbonyl (C=O) groups excluding carboxylic acids is 1. The van der Waals surface area contributed by atoms with E-state index in [1.165, 1.54) is 11.1 Å². The average Bonchev–Trinajstić information content (AvgIpc) is 3.19. The van der Waals surface area contributed by atoms with Crippen molar-refractivity contribution in [1.29, 1.82) is 0 Å². The summed E-state index contributed by atoms with van der Waals surface area (Å²) in [6.45, 7) is 4.70. The lowest BCUT2D eigenvalue weighted by Crippen LogP contribution is -2.36. The smallest absolute Gasteiger partial charge is 0.321 e. The molecule has 28 heavy (non-hydrogen) atoms. The van der Waals surface area contributed by atoms with Crippen LogP contribution in [-0.4, -0.2) is 49.6 Å². The zero-order valence-corrected chi connectivity index (χ0v) is 17.2. The molecule has 0 unspecified atom stereocenters. The summed E-state index contributed by atoms with van der Waals surface area (Å²) in [4.78, 5) is 17.3. The minimum Gasteiger partial charge on any atom is -0.495 e. The Morgan fingerprint density at radius 3 is 2.71 bits per heavy atom. The highest BCUT2D eigenvalue weighted by molar-refractivity contribution is 6.31. The molecule has 2 aliphatic rings. The molecule has 2 aromatic carbocycles. The first-order valence-electron chi connectivity index (χ1n) is 9.63. The van der Waals surface area contributed by atoms with Crippen LogP contribution in [0.25, 0.3) is 0 Å². The standard InChI is InChI=1S/C22H26ClN3O2/c1-14-6-4-5-7-17(14)21-18-13-26(12-15(18)11-25(21)2)22(27)24-19-10-16(23)8-9-20(19)28-3/h4-10,15,18,21H,11-13H2,1-3H3,(H,24,27)/t15-,18+,21+/m0/s1. The zero-order chi connectivity index (χ0) is 19.8. The van der Waals surface area contributed by atoms with Gasteiger partial charge in [-0.15, -0.1) is 0 Å². The third-order valence-corrected chi connectivity index (χ3v) is 6.33. The van der Waals surface area contributed by atoms with Crippen molar-refractivity contribution < 1.29 is 9.53 Å². The molecule has 4 rings (SSSR count). The van der Waals surface area contributed by atoms with E-state index < -0.39 is 0 Å². The molecule has 1 N–H and O–H groups in total. The maximum absolute atomic E-state index is 12.9. The number of rotatable bonds is 3. The maximum atomic E-state index is 12.9. The lowest BCUT2D eigenvalue weighted by Gasteiger charge is -2.28. The number of carbonyl (C=O) groups is 1. The molecular formula is C22H26ClN3O2. The van der Waals surface area contributed by atoms with Gasteiger partial charge in [-0.1, -0.05) is 35.9 Å². The van der Waals surface area contributed by atoms with Crippen molar-refractivity contribution in [3.05, 3.63) is 58.6 Å². The number of nitrogens with one attached hydrogen (secondary N) is 1. The summed E-state index contributed by atoms with van der Waals surface area (Å²) < 4.78 is 5.34. The van der Waals surface area contributed by atoms with E-state index in [0.29, 0.717) is 34.3 Å². The molecule has 2 aromatic rings. The number of fused-ring (bicyclic) bond motifs is 1. The van der Waals surface area contributed by atoms with Crippen molar-refractivity contribution in [3.8, 4) is 5.75 Å². The van der Waals surface area contributed by atoms with Crippen molar-refractivity contribution in [2.45, 2.75) is 13.0 Å². The van der Waals surface area contributed by atoms with E-state index in [-0.39, 0.29) is 6.03 Å². The van der Waals surface area contributed by atoms with Crippen LogP contribution in [0.2, 0.25) is 5.02 Å². The second-order valence-electron chi connectivity index (χ2n) is 7.84.